The Kier molecular flexibility index (Phi) is 5.21. The molecule has 4 rings (SSSR count). The van der Waals surface area contributed by atoms with Crippen molar-refractivity contribution in [2.45, 2.75) is 13.8 Å². The third-order valence-electron chi connectivity index (χ3n) is 4.93. The molecule has 31 heavy (non-hydrogen) atoms. The van der Waals surface area contributed by atoms with Crippen LogP contribution in [0.3, 0.4) is 0 Å². The van der Waals surface area contributed by atoms with Crippen LogP contribution < -0.4 is 15.4 Å². The standard InChI is InChI=1S/C23H19FN2O5/c1-12-17-11-15(29-3)5-7-20(17)31-21(12)23(28)25-14-4-6-18(24)19(10-14)26-22(27)16-8-9-30-13(16)2/h4-11H,1-3H3,(H,25,28)(H,26,27). The van der Waals surface area contributed by atoms with Gasteiger partial charge in [0, 0.05) is 16.6 Å². The molecule has 0 aliphatic heterocycles. The van der Waals surface area contributed by atoms with Crippen molar-refractivity contribution < 1.29 is 27.6 Å². The van der Waals surface area contributed by atoms with Gasteiger partial charge in [-0.3, -0.25) is 9.59 Å². The van der Waals surface area contributed by atoms with Crippen LogP contribution in [0, 0.1) is 19.7 Å². The van der Waals surface area contributed by atoms with E-state index < -0.39 is 17.6 Å². The quantitative estimate of drug-likeness (QED) is 0.455. The number of rotatable bonds is 5. The van der Waals surface area contributed by atoms with Crippen molar-refractivity contribution in [3.8, 4) is 5.75 Å². The molecule has 2 amide bonds. The Labute approximate surface area is 176 Å². The highest BCUT2D eigenvalue weighted by Crippen LogP contribution is 2.30. The van der Waals surface area contributed by atoms with E-state index in [0.29, 0.717) is 33.9 Å². The summed E-state index contributed by atoms with van der Waals surface area (Å²) in [4.78, 5) is 25.1. The van der Waals surface area contributed by atoms with Crippen LogP contribution in [0.15, 0.2) is 57.6 Å². The lowest BCUT2D eigenvalue weighted by Crippen LogP contribution is -2.15. The zero-order valence-corrected chi connectivity index (χ0v) is 17.0. The Balaban J connectivity index is 1.57. The van der Waals surface area contributed by atoms with Gasteiger partial charge >= 0.3 is 0 Å². The lowest BCUT2D eigenvalue weighted by molar-refractivity contribution is 0.0996. The van der Waals surface area contributed by atoms with Crippen molar-refractivity contribution in [3.63, 3.8) is 0 Å². The molecular formula is C23H19FN2O5. The molecule has 4 aromatic rings. The molecule has 0 saturated heterocycles. The molecule has 158 valence electrons. The summed E-state index contributed by atoms with van der Waals surface area (Å²) in [6.07, 6.45) is 1.38. The summed E-state index contributed by atoms with van der Waals surface area (Å²) in [6.45, 7) is 3.40. The summed E-state index contributed by atoms with van der Waals surface area (Å²) in [5.74, 6) is -0.459. The van der Waals surface area contributed by atoms with Crippen molar-refractivity contribution in [1.82, 2.24) is 0 Å². The molecule has 0 saturated carbocycles. The molecule has 8 heteroatoms. The van der Waals surface area contributed by atoms with Crippen molar-refractivity contribution in [2.75, 3.05) is 17.7 Å². The van der Waals surface area contributed by atoms with Crippen LogP contribution >= 0.6 is 0 Å². The van der Waals surface area contributed by atoms with Gasteiger partial charge in [-0.1, -0.05) is 0 Å². The molecule has 2 heterocycles. The Bertz CT molecular complexity index is 1300. The number of anilines is 2. The van der Waals surface area contributed by atoms with Gasteiger partial charge in [0.2, 0.25) is 0 Å². The van der Waals surface area contributed by atoms with Gasteiger partial charge in [-0.05, 0) is 56.3 Å². The average molecular weight is 422 g/mol. The summed E-state index contributed by atoms with van der Waals surface area (Å²) in [5.41, 5.74) is 1.71. The van der Waals surface area contributed by atoms with Gasteiger partial charge in [0.25, 0.3) is 11.8 Å². The van der Waals surface area contributed by atoms with E-state index in [1.807, 2.05) is 0 Å². The van der Waals surface area contributed by atoms with Crippen LogP contribution in [-0.4, -0.2) is 18.9 Å². The predicted molar refractivity (Wildman–Crippen MR) is 113 cm³/mol. The molecule has 0 radical (unpaired) electrons. The zero-order chi connectivity index (χ0) is 22.1. The number of nitrogens with one attached hydrogen (secondary N) is 2. The molecule has 2 N–H and O–H groups in total. The average Bonchev–Trinajstić information content (AvgIpc) is 3.33. The molecule has 2 aromatic carbocycles. The topological polar surface area (TPSA) is 93.7 Å². The van der Waals surface area contributed by atoms with Crippen LogP contribution in [0.5, 0.6) is 5.75 Å². The minimum atomic E-state index is -0.639. The molecule has 0 unspecified atom stereocenters. The van der Waals surface area contributed by atoms with Crippen LogP contribution in [0.25, 0.3) is 11.0 Å². The van der Waals surface area contributed by atoms with Crippen molar-refractivity contribution in [3.05, 3.63) is 77.2 Å². The largest absolute Gasteiger partial charge is 0.497 e. The minimum absolute atomic E-state index is 0.0746. The van der Waals surface area contributed by atoms with Crippen molar-refractivity contribution in [2.24, 2.45) is 0 Å². The lowest BCUT2D eigenvalue weighted by Gasteiger charge is -2.09. The van der Waals surface area contributed by atoms with E-state index in [1.54, 1.807) is 39.2 Å². The molecule has 0 bridgehead atoms. The minimum Gasteiger partial charge on any atom is -0.497 e. The number of hydrogen-bond acceptors (Lipinski definition) is 5. The highest BCUT2D eigenvalue weighted by molar-refractivity contribution is 6.08. The van der Waals surface area contributed by atoms with E-state index in [-0.39, 0.29) is 11.4 Å². The second-order valence-electron chi connectivity index (χ2n) is 6.91. The van der Waals surface area contributed by atoms with E-state index >= 15 is 0 Å². The van der Waals surface area contributed by atoms with Gasteiger partial charge in [-0.15, -0.1) is 0 Å². The number of amides is 2. The molecular weight excluding hydrogens is 403 g/mol. The third-order valence-corrected chi connectivity index (χ3v) is 4.93. The van der Waals surface area contributed by atoms with E-state index in [0.717, 1.165) is 11.5 Å². The Morgan fingerprint density at radius 2 is 1.81 bits per heavy atom. The fourth-order valence-corrected chi connectivity index (χ4v) is 3.24. The Morgan fingerprint density at radius 1 is 1.00 bits per heavy atom. The van der Waals surface area contributed by atoms with Gasteiger partial charge in [0.15, 0.2) is 5.76 Å². The highest BCUT2D eigenvalue weighted by Gasteiger charge is 2.19. The second-order valence-corrected chi connectivity index (χ2v) is 6.91. The first-order valence-electron chi connectivity index (χ1n) is 9.41. The van der Waals surface area contributed by atoms with Crippen LogP contribution in [0.4, 0.5) is 15.8 Å². The fourth-order valence-electron chi connectivity index (χ4n) is 3.24. The van der Waals surface area contributed by atoms with Gasteiger partial charge in [0.1, 0.15) is 22.9 Å². The lowest BCUT2D eigenvalue weighted by atomic mass is 10.1. The van der Waals surface area contributed by atoms with E-state index in [4.69, 9.17) is 13.6 Å². The summed E-state index contributed by atoms with van der Waals surface area (Å²) < 4.78 is 30.2. The molecule has 2 aromatic heterocycles. The summed E-state index contributed by atoms with van der Waals surface area (Å²) >= 11 is 0. The third kappa shape index (κ3) is 3.87. The maximum absolute atomic E-state index is 14.2. The van der Waals surface area contributed by atoms with Gasteiger partial charge in [-0.2, -0.15) is 0 Å². The van der Waals surface area contributed by atoms with Gasteiger partial charge in [-0.25, -0.2) is 4.39 Å². The smallest absolute Gasteiger partial charge is 0.291 e. The van der Waals surface area contributed by atoms with E-state index in [9.17, 15) is 14.0 Å². The Morgan fingerprint density at radius 3 is 2.52 bits per heavy atom. The summed E-state index contributed by atoms with van der Waals surface area (Å²) in [6, 6.07) is 10.6. The summed E-state index contributed by atoms with van der Waals surface area (Å²) in [7, 11) is 1.56. The maximum atomic E-state index is 14.2. The number of fused-ring (bicyclic) bond motifs is 1. The Hall–Kier alpha value is -4.07. The fraction of sp³-hybridized carbons (Fsp3) is 0.130. The number of methoxy groups -OCH3 is 1. The van der Waals surface area contributed by atoms with Crippen LogP contribution in [0.2, 0.25) is 0 Å². The van der Waals surface area contributed by atoms with Crippen molar-refractivity contribution >= 4 is 34.2 Å². The SMILES string of the molecule is COc1ccc2oc(C(=O)Nc3ccc(F)c(NC(=O)c4ccoc4C)c3)c(C)c2c1. The van der Waals surface area contributed by atoms with Gasteiger partial charge < -0.3 is 24.2 Å². The maximum Gasteiger partial charge on any atom is 0.291 e. The van der Waals surface area contributed by atoms with Gasteiger partial charge in [0.05, 0.1) is 24.6 Å². The number of aryl methyl sites for hydroxylation is 2. The molecule has 0 aliphatic rings. The number of furan rings is 2. The number of benzene rings is 2. The van der Waals surface area contributed by atoms with Crippen LogP contribution in [0.1, 0.15) is 32.2 Å². The number of ether oxygens (including phenoxy) is 1. The first kappa shape index (κ1) is 20.2. The summed E-state index contributed by atoms with van der Waals surface area (Å²) in [5, 5.41) is 5.92. The number of carbonyl (C=O) groups is 2. The molecule has 0 aliphatic carbocycles. The van der Waals surface area contributed by atoms with Crippen molar-refractivity contribution in [1.29, 1.82) is 0 Å². The first-order chi connectivity index (χ1) is 14.9. The number of hydrogen-bond donors (Lipinski definition) is 2. The first-order valence-corrected chi connectivity index (χ1v) is 9.41. The molecule has 0 atom stereocenters. The van der Waals surface area contributed by atoms with E-state index in [2.05, 4.69) is 10.6 Å². The predicted octanol–water partition coefficient (Wildman–Crippen LogP) is 5.29. The normalized spacial score (nSPS) is 10.8. The van der Waals surface area contributed by atoms with E-state index in [1.165, 1.54) is 24.5 Å². The number of carbonyl (C=O) groups excluding carboxylic acids is 2. The number of halogens is 1. The molecule has 0 spiro atoms. The molecule has 7 nitrogen and oxygen atoms in total. The monoisotopic (exact) mass is 422 g/mol. The zero-order valence-electron chi connectivity index (χ0n) is 17.0. The second kappa shape index (κ2) is 7.98. The highest BCUT2D eigenvalue weighted by atomic mass is 19.1. The molecule has 0 fully saturated rings. The van der Waals surface area contributed by atoms with Crippen LogP contribution in [-0.2, 0) is 0 Å².